The maximum atomic E-state index is 12.0. The Kier molecular flexibility index (Phi) is 4.40. The molecule has 0 aliphatic carbocycles. The van der Waals surface area contributed by atoms with Crippen LogP contribution < -0.4 is 5.73 Å². The summed E-state index contributed by atoms with van der Waals surface area (Å²) in [6, 6.07) is -0.744. The number of nitrogens with zero attached hydrogens (tertiary/aromatic N) is 1. The molecular weight excluding hydrogens is 216 g/mol. The van der Waals surface area contributed by atoms with Crippen molar-refractivity contribution in [3.05, 3.63) is 0 Å². The number of hydrogen-bond acceptors (Lipinski definition) is 3. The fraction of sp³-hybridized carbons (Fsp3) is 0.833. The van der Waals surface area contributed by atoms with Crippen LogP contribution >= 0.6 is 0 Å². The highest BCUT2D eigenvalue weighted by Gasteiger charge is 2.32. The number of sulfonamides is 1. The minimum Gasteiger partial charge on any atom is -0.388 e. The van der Waals surface area contributed by atoms with Gasteiger partial charge >= 0.3 is 5.76 Å². The summed E-state index contributed by atoms with van der Waals surface area (Å²) in [6.45, 7) is 1.40. The van der Waals surface area contributed by atoms with Crippen LogP contribution in [0.1, 0.15) is 13.3 Å². The zero-order chi connectivity index (χ0) is 11.5. The van der Waals surface area contributed by atoms with Crippen LogP contribution in [0.5, 0.6) is 0 Å². The molecule has 0 aromatic rings. The molecule has 0 rings (SSSR count). The van der Waals surface area contributed by atoms with Gasteiger partial charge in [-0.2, -0.15) is 13.1 Å². The molecule has 14 heavy (non-hydrogen) atoms. The molecule has 0 bridgehead atoms. The molecule has 0 fully saturated rings. The molecule has 0 aliphatic rings. The monoisotopic (exact) mass is 229 g/mol. The number of alkyl halides is 2. The fourth-order valence-electron chi connectivity index (χ4n) is 0.823. The van der Waals surface area contributed by atoms with Crippen molar-refractivity contribution < 1.29 is 17.2 Å². The Morgan fingerprint density at radius 1 is 1.57 bits per heavy atom. The maximum Gasteiger partial charge on any atom is 0.350 e. The zero-order valence-electron chi connectivity index (χ0n) is 7.87. The first kappa shape index (κ1) is 13.2. The van der Waals surface area contributed by atoms with Gasteiger partial charge in [0, 0.05) is 19.5 Å². The standard InChI is InChI=1S/C6H13F2N3O2S/c1-4(3-5(9)10)11(2)14(12,13)6(7)8/h4,6H,3H2,1-2H3,(H3,9,10). The van der Waals surface area contributed by atoms with Crippen molar-refractivity contribution in [2.24, 2.45) is 5.73 Å². The van der Waals surface area contributed by atoms with Gasteiger partial charge in [0.05, 0.1) is 5.84 Å². The van der Waals surface area contributed by atoms with Gasteiger partial charge in [-0.3, -0.25) is 5.41 Å². The van der Waals surface area contributed by atoms with E-state index in [1.165, 1.54) is 6.92 Å². The van der Waals surface area contributed by atoms with Crippen molar-refractivity contribution in [1.82, 2.24) is 4.31 Å². The topological polar surface area (TPSA) is 87.2 Å². The fourth-order valence-corrected chi connectivity index (χ4v) is 1.65. The molecule has 0 amide bonds. The summed E-state index contributed by atoms with van der Waals surface area (Å²) in [7, 11) is -3.54. The third-order valence-electron chi connectivity index (χ3n) is 1.76. The van der Waals surface area contributed by atoms with E-state index in [1.54, 1.807) is 0 Å². The zero-order valence-corrected chi connectivity index (χ0v) is 8.68. The first-order valence-corrected chi connectivity index (χ1v) is 5.27. The van der Waals surface area contributed by atoms with Gasteiger partial charge in [0.25, 0.3) is 10.0 Å². The summed E-state index contributed by atoms with van der Waals surface area (Å²) in [4.78, 5) is 0. The SMILES string of the molecule is CC(CC(=N)N)N(C)S(=O)(=O)C(F)F. The van der Waals surface area contributed by atoms with E-state index in [2.05, 4.69) is 0 Å². The first-order valence-electron chi connectivity index (χ1n) is 3.77. The minimum absolute atomic E-state index is 0.0670. The Balaban J connectivity index is 4.62. The van der Waals surface area contributed by atoms with Crippen LogP contribution in [0.25, 0.3) is 0 Å². The van der Waals surface area contributed by atoms with Gasteiger partial charge < -0.3 is 5.73 Å². The largest absolute Gasteiger partial charge is 0.388 e. The molecule has 0 aliphatic heterocycles. The second-order valence-corrected chi connectivity index (χ2v) is 4.86. The van der Waals surface area contributed by atoms with Crippen LogP contribution in [-0.4, -0.2) is 37.4 Å². The van der Waals surface area contributed by atoms with E-state index in [1.807, 2.05) is 0 Å². The molecule has 0 heterocycles. The lowest BCUT2D eigenvalue weighted by Crippen LogP contribution is -2.40. The number of nitrogens with two attached hydrogens (primary N) is 1. The molecule has 0 aromatic carbocycles. The summed E-state index contributed by atoms with van der Waals surface area (Å²) >= 11 is 0. The molecule has 5 nitrogen and oxygen atoms in total. The van der Waals surface area contributed by atoms with Crippen molar-refractivity contribution in [2.75, 3.05) is 7.05 Å². The van der Waals surface area contributed by atoms with E-state index < -0.39 is 21.8 Å². The predicted molar refractivity (Wildman–Crippen MR) is 48.7 cm³/mol. The summed E-state index contributed by atoms with van der Waals surface area (Å²) in [6.07, 6.45) is -0.0670. The van der Waals surface area contributed by atoms with E-state index in [-0.39, 0.29) is 12.3 Å². The van der Waals surface area contributed by atoms with Crippen LogP contribution in [0, 0.1) is 5.41 Å². The highest BCUT2D eigenvalue weighted by molar-refractivity contribution is 7.89. The van der Waals surface area contributed by atoms with E-state index in [0.717, 1.165) is 7.05 Å². The van der Waals surface area contributed by atoms with Crippen molar-refractivity contribution in [3.8, 4) is 0 Å². The number of nitrogens with one attached hydrogen (secondary N) is 1. The van der Waals surface area contributed by atoms with Gasteiger partial charge in [-0.05, 0) is 6.92 Å². The average molecular weight is 229 g/mol. The van der Waals surface area contributed by atoms with Crippen molar-refractivity contribution in [3.63, 3.8) is 0 Å². The Morgan fingerprint density at radius 3 is 2.29 bits per heavy atom. The second-order valence-electron chi connectivity index (χ2n) is 2.90. The van der Waals surface area contributed by atoms with E-state index >= 15 is 0 Å². The van der Waals surface area contributed by atoms with Crippen LogP contribution in [0.3, 0.4) is 0 Å². The molecule has 1 unspecified atom stereocenters. The van der Waals surface area contributed by atoms with Gasteiger partial charge in [0.1, 0.15) is 0 Å². The normalized spacial score (nSPS) is 14.7. The molecule has 0 saturated heterocycles. The molecule has 3 N–H and O–H groups in total. The van der Waals surface area contributed by atoms with E-state index in [0.29, 0.717) is 4.31 Å². The third kappa shape index (κ3) is 3.18. The Hall–Kier alpha value is -0.760. The van der Waals surface area contributed by atoms with Gasteiger partial charge in [-0.15, -0.1) is 0 Å². The lowest BCUT2D eigenvalue weighted by Gasteiger charge is -2.23. The summed E-state index contributed by atoms with van der Waals surface area (Å²) < 4.78 is 46.5. The number of hydrogen-bond donors (Lipinski definition) is 2. The summed E-state index contributed by atoms with van der Waals surface area (Å²) in [5.41, 5.74) is 5.02. The minimum atomic E-state index is -4.57. The summed E-state index contributed by atoms with van der Waals surface area (Å²) in [5.74, 6) is -3.68. The van der Waals surface area contributed by atoms with Crippen molar-refractivity contribution in [2.45, 2.75) is 25.1 Å². The lowest BCUT2D eigenvalue weighted by molar-refractivity contribution is 0.217. The number of rotatable bonds is 5. The highest BCUT2D eigenvalue weighted by atomic mass is 32.2. The van der Waals surface area contributed by atoms with Crippen molar-refractivity contribution in [1.29, 1.82) is 5.41 Å². The average Bonchev–Trinajstić information content (AvgIpc) is 2.01. The predicted octanol–water partition coefficient (Wildman–Crippen LogP) is 0.185. The molecule has 0 spiro atoms. The number of halogens is 2. The second kappa shape index (κ2) is 4.65. The van der Waals surface area contributed by atoms with Gasteiger partial charge in [-0.1, -0.05) is 0 Å². The summed E-state index contributed by atoms with van der Waals surface area (Å²) in [5, 5.41) is 6.90. The lowest BCUT2D eigenvalue weighted by atomic mass is 10.2. The Bertz CT molecular complexity index is 304. The maximum absolute atomic E-state index is 12.0. The Morgan fingerprint density at radius 2 is 2.00 bits per heavy atom. The van der Waals surface area contributed by atoms with Crippen LogP contribution in [-0.2, 0) is 10.0 Å². The molecule has 0 aromatic heterocycles. The van der Waals surface area contributed by atoms with E-state index in [9.17, 15) is 17.2 Å². The third-order valence-corrected chi connectivity index (χ3v) is 3.38. The molecule has 1 atom stereocenters. The van der Waals surface area contributed by atoms with Crippen LogP contribution in [0.15, 0.2) is 0 Å². The molecular formula is C6H13F2N3O2S. The molecule has 84 valence electrons. The van der Waals surface area contributed by atoms with Gasteiger partial charge in [0.15, 0.2) is 0 Å². The van der Waals surface area contributed by atoms with Gasteiger partial charge in [-0.25, -0.2) is 8.42 Å². The first-order chi connectivity index (χ1) is 6.19. The molecule has 8 heteroatoms. The number of amidine groups is 1. The highest BCUT2D eigenvalue weighted by Crippen LogP contribution is 2.14. The smallest absolute Gasteiger partial charge is 0.350 e. The molecule has 0 saturated carbocycles. The quantitative estimate of drug-likeness (QED) is 0.521. The van der Waals surface area contributed by atoms with Gasteiger partial charge in [0.2, 0.25) is 0 Å². The molecule has 0 radical (unpaired) electrons. The van der Waals surface area contributed by atoms with Crippen molar-refractivity contribution >= 4 is 15.9 Å². The Labute approximate surface area is 81.4 Å². The van der Waals surface area contributed by atoms with Crippen LogP contribution in [0.2, 0.25) is 0 Å². The van der Waals surface area contributed by atoms with Crippen LogP contribution in [0.4, 0.5) is 8.78 Å². The van der Waals surface area contributed by atoms with E-state index in [4.69, 9.17) is 11.1 Å².